The molecule has 5 heteroatoms. The third kappa shape index (κ3) is 5.27. The van der Waals surface area contributed by atoms with E-state index in [0.717, 1.165) is 51.5 Å². The van der Waals surface area contributed by atoms with Crippen molar-refractivity contribution >= 4 is 17.2 Å². The number of hydrogen-bond acceptors (Lipinski definition) is 4. The van der Waals surface area contributed by atoms with Gasteiger partial charge in [0.25, 0.3) is 0 Å². The van der Waals surface area contributed by atoms with Gasteiger partial charge in [0, 0.05) is 43.4 Å². The lowest BCUT2D eigenvalue weighted by molar-refractivity contribution is -0.133. The van der Waals surface area contributed by atoms with E-state index in [2.05, 4.69) is 36.0 Å². The summed E-state index contributed by atoms with van der Waals surface area (Å²) in [5.41, 5.74) is 1.31. The van der Waals surface area contributed by atoms with Crippen LogP contribution in [0.5, 0.6) is 0 Å². The lowest BCUT2D eigenvalue weighted by Crippen LogP contribution is -2.48. The fourth-order valence-electron chi connectivity index (χ4n) is 3.86. The van der Waals surface area contributed by atoms with Crippen molar-refractivity contribution in [1.29, 1.82) is 0 Å². The van der Waals surface area contributed by atoms with Gasteiger partial charge in [-0.2, -0.15) is 0 Å². The zero-order chi connectivity index (χ0) is 17.9. The number of aromatic nitrogens is 1. The molecule has 2 heterocycles. The second-order valence-corrected chi connectivity index (χ2v) is 9.67. The molecule has 4 nitrogen and oxygen atoms in total. The zero-order valence-corrected chi connectivity index (χ0v) is 16.9. The molecule has 2 aliphatic rings. The normalized spacial score (nSPS) is 20.4. The number of piperazine rings is 1. The van der Waals surface area contributed by atoms with E-state index in [1.165, 1.54) is 36.4 Å². The second kappa shape index (κ2) is 8.17. The van der Waals surface area contributed by atoms with E-state index in [1.807, 2.05) is 0 Å². The van der Waals surface area contributed by atoms with Gasteiger partial charge >= 0.3 is 0 Å². The highest BCUT2D eigenvalue weighted by atomic mass is 32.1. The van der Waals surface area contributed by atoms with Crippen molar-refractivity contribution in [2.24, 2.45) is 5.92 Å². The molecule has 1 aromatic rings. The van der Waals surface area contributed by atoms with Crippen molar-refractivity contribution in [3.8, 4) is 0 Å². The Balaban J connectivity index is 1.40. The number of nitrogens with zero attached hydrogens (tertiary/aromatic N) is 3. The summed E-state index contributed by atoms with van der Waals surface area (Å²) >= 11 is 1.77. The smallest absolute Gasteiger partial charge is 0.222 e. The summed E-state index contributed by atoms with van der Waals surface area (Å²) in [6, 6.07) is 0. The first kappa shape index (κ1) is 18.8. The van der Waals surface area contributed by atoms with Gasteiger partial charge in [0.15, 0.2) is 0 Å². The Bertz CT molecular complexity index is 564. The highest BCUT2D eigenvalue weighted by Gasteiger charge is 2.24. The van der Waals surface area contributed by atoms with Crippen molar-refractivity contribution in [2.45, 2.75) is 71.3 Å². The average Bonchev–Trinajstić information content (AvgIpc) is 3.24. The van der Waals surface area contributed by atoms with Crippen LogP contribution >= 0.6 is 11.3 Å². The van der Waals surface area contributed by atoms with E-state index in [-0.39, 0.29) is 5.41 Å². The number of hydrogen-bond donors (Lipinski definition) is 0. The molecule has 0 atom stereocenters. The maximum absolute atomic E-state index is 12.4. The highest BCUT2D eigenvalue weighted by molar-refractivity contribution is 7.09. The van der Waals surface area contributed by atoms with Gasteiger partial charge in [-0.3, -0.25) is 9.69 Å². The molecule has 140 valence electrons. The van der Waals surface area contributed by atoms with Gasteiger partial charge in [0.2, 0.25) is 5.91 Å². The molecule has 1 aliphatic heterocycles. The van der Waals surface area contributed by atoms with E-state index < -0.39 is 0 Å². The molecule has 0 radical (unpaired) electrons. The predicted octanol–water partition coefficient (Wildman–Crippen LogP) is 4.06. The maximum atomic E-state index is 12.4. The minimum Gasteiger partial charge on any atom is -0.340 e. The monoisotopic (exact) mass is 363 g/mol. The van der Waals surface area contributed by atoms with Crippen LogP contribution in [0.15, 0.2) is 5.38 Å². The Morgan fingerprint density at radius 3 is 2.48 bits per heavy atom. The van der Waals surface area contributed by atoms with Gasteiger partial charge in [0.05, 0.1) is 12.2 Å². The first-order valence-electron chi connectivity index (χ1n) is 9.87. The van der Waals surface area contributed by atoms with Crippen LogP contribution in [0.2, 0.25) is 0 Å². The van der Waals surface area contributed by atoms with Gasteiger partial charge in [-0.1, -0.05) is 46.5 Å². The van der Waals surface area contributed by atoms with Gasteiger partial charge in [0.1, 0.15) is 5.01 Å². The molecule has 1 aliphatic carbocycles. The predicted molar refractivity (Wildman–Crippen MR) is 104 cm³/mol. The quantitative estimate of drug-likeness (QED) is 0.792. The second-order valence-electron chi connectivity index (χ2n) is 8.72. The Kier molecular flexibility index (Phi) is 6.16. The highest BCUT2D eigenvalue weighted by Crippen LogP contribution is 2.29. The van der Waals surface area contributed by atoms with Crippen molar-refractivity contribution in [2.75, 3.05) is 26.2 Å². The number of rotatable bonds is 5. The van der Waals surface area contributed by atoms with Crippen LogP contribution in [-0.2, 0) is 16.8 Å². The molecule has 3 rings (SSSR count). The zero-order valence-electron chi connectivity index (χ0n) is 16.1. The number of amides is 1. The maximum Gasteiger partial charge on any atom is 0.222 e. The molecular formula is C20H33N3OS. The third-order valence-electron chi connectivity index (χ3n) is 5.65. The summed E-state index contributed by atoms with van der Waals surface area (Å²) in [4.78, 5) is 21.7. The molecule has 0 aromatic carbocycles. The van der Waals surface area contributed by atoms with Crippen LogP contribution in [0, 0.1) is 5.92 Å². The fourth-order valence-corrected chi connectivity index (χ4v) is 4.92. The average molecular weight is 364 g/mol. The topological polar surface area (TPSA) is 36.4 Å². The Labute approximate surface area is 156 Å². The van der Waals surface area contributed by atoms with Crippen molar-refractivity contribution in [3.05, 3.63) is 16.1 Å². The van der Waals surface area contributed by atoms with Crippen molar-refractivity contribution in [1.82, 2.24) is 14.8 Å². The molecule has 0 N–H and O–H groups in total. The Morgan fingerprint density at radius 1 is 1.20 bits per heavy atom. The number of carbonyl (C=O) groups is 1. The van der Waals surface area contributed by atoms with Gasteiger partial charge in [-0.05, 0) is 12.3 Å². The summed E-state index contributed by atoms with van der Waals surface area (Å²) in [5.74, 6) is 1.18. The van der Waals surface area contributed by atoms with Gasteiger partial charge in [-0.25, -0.2) is 4.98 Å². The molecule has 25 heavy (non-hydrogen) atoms. The minimum atomic E-state index is 0.124. The van der Waals surface area contributed by atoms with Crippen LogP contribution in [0.25, 0.3) is 0 Å². The summed E-state index contributed by atoms with van der Waals surface area (Å²) in [6.45, 7) is 11.2. The molecular weight excluding hydrogens is 330 g/mol. The van der Waals surface area contributed by atoms with Crippen LogP contribution < -0.4 is 0 Å². The lowest BCUT2D eigenvalue weighted by Gasteiger charge is -2.34. The van der Waals surface area contributed by atoms with Crippen LogP contribution in [0.4, 0.5) is 0 Å². The molecule has 1 saturated heterocycles. The summed E-state index contributed by atoms with van der Waals surface area (Å²) in [5, 5.41) is 3.39. The Morgan fingerprint density at radius 2 is 1.88 bits per heavy atom. The molecule has 0 spiro atoms. The number of thiazole rings is 1. The molecule has 0 unspecified atom stereocenters. The number of carbonyl (C=O) groups excluding carboxylic acids is 1. The summed E-state index contributed by atoms with van der Waals surface area (Å²) in [6.07, 6.45) is 7.27. The van der Waals surface area contributed by atoms with Crippen LogP contribution in [0.1, 0.15) is 70.0 Å². The van der Waals surface area contributed by atoms with E-state index in [9.17, 15) is 4.79 Å². The van der Waals surface area contributed by atoms with Gasteiger partial charge in [-0.15, -0.1) is 11.3 Å². The van der Waals surface area contributed by atoms with Gasteiger partial charge < -0.3 is 4.90 Å². The summed E-state index contributed by atoms with van der Waals surface area (Å²) in [7, 11) is 0. The standard InChI is InChI=1S/C20H33N3OS/c1-20(2,3)17-15-25-18(21-17)14-22-10-12-23(13-11-22)19(24)9-8-16-6-4-5-7-16/h15-16H,4-14H2,1-3H3. The van der Waals surface area contributed by atoms with Crippen molar-refractivity contribution < 1.29 is 4.79 Å². The SMILES string of the molecule is CC(C)(C)c1csc(CN2CCN(C(=O)CCC3CCCC3)CC2)n1. The Hall–Kier alpha value is -0.940. The lowest BCUT2D eigenvalue weighted by atomic mass is 9.93. The van der Waals surface area contributed by atoms with Crippen molar-refractivity contribution in [3.63, 3.8) is 0 Å². The van der Waals surface area contributed by atoms with E-state index in [1.54, 1.807) is 11.3 Å². The van der Waals surface area contributed by atoms with E-state index in [4.69, 9.17) is 4.98 Å². The molecule has 2 fully saturated rings. The van der Waals surface area contributed by atoms with Crippen LogP contribution in [0.3, 0.4) is 0 Å². The molecule has 1 aromatic heterocycles. The molecule has 1 amide bonds. The first-order chi connectivity index (χ1) is 11.9. The van der Waals surface area contributed by atoms with E-state index >= 15 is 0 Å². The molecule has 1 saturated carbocycles. The third-order valence-corrected chi connectivity index (χ3v) is 6.48. The molecule has 0 bridgehead atoms. The fraction of sp³-hybridized carbons (Fsp3) is 0.800. The minimum absolute atomic E-state index is 0.124. The largest absolute Gasteiger partial charge is 0.340 e. The van der Waals surface area contributed by atoms with Crippen LogP contribution in [-0.4, -0.2) is 46.9 Å². The van der Waals surface area contributed by atoms with E-state index in [0.29, 0.717) is 5.91 Å². The first-order valence-corrected chi connectivity index (χ1v) is 10.7. The summed E-state index contributed by atoms with van der Waals surface area (Å²) < 4.78 is 0.